The summed E-state index contributed by atoms with van der Waals surface area (Å²) in [6.45, 7) is 1.69. The van der Waals surface area contributed by atoms with E-state index in [1.165, 1.54) is 32.4 Å². The summed E-state index contributed by atoms with van der Waals surface area (Å²) in [7, 11) is -0.774. The third-order valence-electron chi connectivity index (χ3n) is 4.05. The lowest BCUT2D eigenvalue weighted by Crippen LogP contribution is -2.25. The topological polar surface area (TPSA) is 92.8 Å². The SMILES string of the molecule is COC(=O)c1cccc(NC(=O)c2ccc(N(C)S(C)(=O)=O)cc2Cl)c1C. The number of methoxy groups -OCH3 is 1. The van der Waals surface area contributed by atoms with Gasteiger partial charge in [0.25, 0.3) is 5.91 Å². The maximum absolute atomic E-state index is 12.6. The van der Waals surface area contributed by atoms with Gasteiger partial charge < -0.3 is 10.1 Å². The van der Waals surface area contributed by atoms with Gasteiger partial charge in [-0.25, -0.2) is 13.2 Å². The van der Waals surface area contributed by atoms with Crippen LogP contribution < -0.4 is 9.62 Å². The van der Waals surface area contributed by atoms with Crippen molar-refractivity contribution in [2.75, 3.05) is 30.0 Å². The fourth-order valence-corrected chi connectivity index (χ4v) is 3.12. The summed E-state index contributed by atoms with van der Waals surface area (Å²) in [4.78, 5) is 24.3. The first-order valence-electron chi connectivity index (χ1n) is 7.79. The molecular formula is C18H19ClN2O5S. The van der Waals surface area contributed by atoms with Gasteiger partial charge in [0.05, 0.1) is 35.2 Å². The zero-order chi connectivity index (χ0) is 20.4. The number of nitrogens with one attached hydrogen (secondary N) is 1. The Morgan fingerprint density at radius 3 is 2.37 bits per heavy atom. The monoisotopic (exact) mass is 410 g/mol. The zero-order valence-electron chi connectivity index (χ0n) is 15.2. The molecule has 0 radical (unpaired) electrons. The van der Waals surface area contributed by atoms with Crippen LogP contribution in [-0.2, 0) is 14.8 Å². The van der Waals surface area contributed by atoms with Crippen LogP contribution in [0.3, 0.4) is 0 Å². The number of hydrogen-bond acceptors (Lipinski definition) is 5. The predicted octanol–water partition coefficient (Wildman–Crippen LogP) is 3.08. The molecule has 0 unspecified atom stereocenters. The molecule has 7 nitrogen and oxygen atoms in total. The molecule has 27 heavy (non-hydrogen) atoms. The standard InChI is InChI=1S/C18H19ClN2O5S/c1-11-13(18(23)26-3)6-5-7-16(11)20-17(22)14-9-8-12(10-15(14)19)21(2)27(4,24)25/h5-10H,1-4H3,(H,20,22). The summed E-state index contributed by atoms with van der Waals surface area (Å²) in [5.41, 5.74) is 1.85. The van der Waals surface area contributed by atoms with E-state index in [9.17, 15) is 18.0 Å². The Labute approximate surface area is 162 Å². The number of hydrogen-bond donors (Lipinski definition) is 1. The molecule has 0 aliphatic carbocycles. The maximum Gasteiger partial charge on any atom is 0.338 e. The van der Waals surface area contributed by atoms with Crippen LogP contribution in [0.5, 0.6) is 0 Å². The van der Waals surface area contributed by atoms with E-state index in [1.54, 1.807) is 25.1 Å². The fourth-order valence-electron chi connectivity index (χ4n) is 2.37. The van der Waals surface area contributed by atoms with Crippen molar-refractivity contribution in [3.63, 3.8) is 0 Å². The normalized spacial score (nSPS) is 11.0. The molecule has 144 valence electrons. The number of amides is 1. The van der Waals surface area contributed by atoms with Crippen LogP contribution in [0.1, 0.15) is 26.3 Å². The van der Waals surface area contributed by atoms with E-state index >= 15 is 0 Å². The Bertz CT molecular complexity index is 1000. The molecule has 0 atom stereocenters. The summed E-state index contributed by atoms with van der Waals surface area (Å²) < 4.78 is 29.0. The number of rotatable bonds is 5. The van der Waals surface area contributed by atoms with Gasteiger partial charge in [-0.2, -0.15) is 0 Å². The quantitative estimate of drug-likeness (QED) is 0.764. The maximum atomic E-state index is 12.6. The molecule has 0 aromatic heterocycles. The predicted molar refractivity (Wildman–Crippen MR) is 105 cm³/mol. The van der Waals surface area contributed by atoms with Crippen LogP contribution >= 0.6 is 11.6 Å². The highest BCUT2D eigenvalue weighted by molar-refractivity contribution is 7.92. The minimum atomic E-state index is -3.45. The number of halogens is 1. The lowest BCUT2D eigenvalue weighted by Gasteiger charge is -2.18. The molecule has 9 heteroatoms. The summed E-state index contributed by atoms with van der Waals surface area (Å²) in [5, 5.41) is 2.80. The molecule has 0 aliphatic rings. The van der Waals surface area contributed by atoms with Crippen molar-refractivity contribution >= 4 is 44.9 Å². The number of benzene rings is 2. The van der Waals surface area contributed by atoms with Crippen LogP contribution in [0.25, 0.3) is 0 Å². The summed E-state index contributed by atoms with van der Waals surface area (Å²) in [5.74, 6) is -0.992. The number of anilines is 2. The second-order valence-electron chi connectivity index (χ2n) is 5.82. The molecule has 0 aliphatic heterocycles. The number of esters is 1. The third-order valence-corrected chi connectivity index (χ3v) is 5.56. The minimum absolute atomic E-state index is 0.0993. The lowest BCUT2D eigenvalue weighted by atomic mass is 10.1. The lowest BCUT2D eigenvalue weighted by molar-refractivity contribution is 0.0599. The molecule has 0 heterocycles. The van der Waals surface area contributed by atoms with Crippen LogP contribution in [0, 0.1) is 6.92 Å². The summed E-state index contributed by atoms with van der Waals surface area (Å²) in [6, 6.07) is 9.20. The molecular weight excluding hydrogens is 392 g/mol. The first-order valence-corrected chi connectivity index (χ1v) is 10.0. The molecule has 2 aromatic rings. The van der Waals surface area contributed by atoms with Gasteiger partial charge in [-0.1, -0.05) is 17.7 Å². The van der Waals surface area contributed by atoms with Crippen LogP contribution in [-0.4, -0.2) is 40.7 Å². The number of carbonyl (C=O) groups excluding carboxylic acids is 2. The van der Waals surface area contributed by atoms with Gasteiger partial charge >= 0.3 is 5.97 Å². The Kier molecular flexibility index (Phi) is 6.12. The summed E-state index contributed by atoms with van der Waals surface area (Å²) in [6.07, 6.45) is 1.07. The number of ether oxygens (including phenoxy) is 1. The fraction of sp³-hybridized carbons (Fsp3) is 0.222. The molecule has 1 amide bonds. The Hall–Kier alpha value is -2.58. The molecule has 0 bridgehead atoms. The van der Waals surface area contributed by atoms with Gasteiger partial charge in [-0.15, -0.1) is 0 Å². The van der Waals surface area contributed by atoms with Crippen molar-refractivity contribution in [1.29, 1.82) is 0 Å². The highest BCUT2D eigenvalue weighted by Gasteiger charge is 2.18. The van der Waals surface area contributed by atoms with Gasteiger partial charge in [0.15, 0.2) is 0 Å². The highest BCUT2D eigenvalue weighted by atomic mass is 35.5. The van der Waals surface area contributed by atoms with E-state index in [1.807, 2.05) is 0 Å². The smallest absolute Gasteiger partial charge is 0.338 e. The highest BCUT2D eigenvalue weighted by Crippen LogP contribution is 2.26. The van der Waals surface area contributed by atoms with Gasteiger partial charge in [0.2, 0.25) is 10.0 Å². The molecule has 0 saturated heterocycles. The Morgan fingerprint density at radius 1 is 1.15 bits per heavy atom. The van der Waals surface area contributed by atoms with E-state index in [0.717, 1.165) is 10.6 Å². The Morgan fingerprint density at radius 2 is 1.81 bits per heavy atom. The largest absolute Gasteiger partial charge is 0.465 e. The average molecular weight is 411 g/mol. The molecule has 0 saturated carbocycles. The van der Waals surface area contributed by atoms with Crippen LogP contribution in [0.15, 0.2) is 36.4 Å². The summed E-state index contributed by atoms with van der Waals surface area (Å²) >= 11 is 6.17. The minimum Gasteiger partial charge on any atom is -0.465 e. The molecule has 2 rings (SSSR count). The first kappa shape index (κ1) is 20.7. The second kappa shape index (κ2) is 7.98. The average Bonchev–Trinajstić information content (AvgIpc) is 2.61. The van der Waals surface area contributed by atoms with Crippen LogP contribution in [0.2, 0.25) is 5.02 Å². The second-order valence-corrected chi connectivity index (χ2v) is 8.24. The van der Waals surface area contributed by atoms with E-state index in [4.69, 9.17) is 16.3 Å². The Balaban J connectivity index is 2.31. The van der Waals surface area contributed by atoms with Gasteiger partial charge in [0.1, 0.15) is 0 Å². The molecule has 1 N–H and O–H groups in total. The van der Waals surface area contributed by atoms with E-state index < -0.39 is 21.9 Å². The third kappa shape index (κ3) is 4.58. The van der Waals surface area contributed by atoms with Gasteiger partial charge in [-0.05, 0) is 42.8 Å². The number of sulfonamides is 1. The molecule has 0 spiro atoms. The first-order chi connectivity index (χ1) is 12.6. The van der Waals surface area contributed by atoms with Gasteiger partial charge in [0, 0.05) is 12.7 Å². The van der Waals surface area contributed by atoms with E-state index in [-0.39, 0.29) is 10.6 Å². The van der Waals surface area contributed by atoms with E-state index in [2.05, 4.69) is 5.32 Å². The van der Waals surface area contributed by atoms with Crippen molar-refractivity contribution in [1.82, 2.24) is 0 Å². The number of nitrogens with zero attached hydrogens (tertiary/aromatic N) is 1. The molecule has 0 fully saturated rings. The van der Waals surface area contributed by atoms with Crippen LogP contribution in [0.4, 0.5) is 11.4 Å². The van der Waals surface area contributed by atoms with Gasteiger partial charge in [-0.3, -0.25) is 9.10 Å². The van der Waals surface area contributed by atoms with Crippen molar-refractivity contribution < 1.29 is 22.7 Å². The van der Waals surface area contributed by atoms with Crippen molar-refractivity contribution in [3.05, 3.63) is 58.1 Å². The van der Waals surface area contributed by atoms with Crippen molar-refractivity contribution in [2.24, 2.45) is 0 Å². The van der Waals surface area contributed by atoms with Crippen molar-refractivity contribution in [3.8, 4) is 0 Å². The van der Waals surface area contributed by atoms with Crippen molar-refractivity contribution in [2.45, 2.75) is 6.92 Å². The zero-order valence-corrected chi connectivity index (χ0v) is 16.8. The molecule has 2 aromatic carbocycles. The number of carbonyl (C=O) groups is 2. The van der Waals surface area contributed by atoms with E-state index in [0.29, 0.717) is 22.5 Å².